The zero-order valence-electron chi connectivity index (χ0n) is 15.0. The van der Waals surface area contributed by atoms with Crippen molar-refractivity contribution in [3.05, 3.63) is 53.6 Å². The summed E-state index contributed by atoms with van der Waals surface area (Å²) in [6, 6.07) is 8.93. The van der Waals surface area contributed by atoms with Crippen molar-refractivity contribution in [3.8, 4) is 0 Å². The summed E-state index contributed by atoms with van der Waals surface area (Å²) in [4.78, 5) is 4.49. The summed E-state index contributed by atoms with van der Waals surface area (Å²) >= 11 is 5.91. The molecule has 0 saturated heterocycles. The summed E-state index contributed by atoms with van der Waals surface area (Å²) in [6.45, 7) is 4.43. The van der Waals surface area contributed by atoms with Crippen LogP contribution in [-0.2, 0) is 11.4 Å². The Labute approximate surface area is 151 Å². The lowest BCUT2D eigenvalue weighted by molar-refractivity contribution is 0.157. The molecule has 1 fully saturated rings. The number of nitrogens with zero attached hydrogens (tertiary/aromatic N) is 2. The van der Waals surface area contributed by atoms with Gasteiger partial charge in [-0.25, -0.2) is 4.98 Å². The Morgan fingerprint density at radius 1 is 1.21 bits per heavy atom. The minimum atomic E-state index is 0.281. The van der Waals surface area contributed by atoms with Crippen LogP contribution in [-0.4, -0.2) is 9.55 Å². The van der Waals surface area contributed by atoms with Gasteiger partial charge in [-0.2, -0.15) is 0 Å². The summed E-state index contributed by atoms with van der Waals surface area (Å²) in [7, 11) is 0. The van der Waals surface area contributed by atoms with E-state index in [4.69, 9.17) is 11.6 Å². The second-order valence-corrected chi connectivity index (χ2v) is 7.59. The predicted molar refractivity (Wildman–Crippen MR) is 102 cm³/mol. The highest BCUT2D eigenvalue weighted by Crippen LogP contribution is 2.45. The number of unbranched alkanes of at least 4 members (excludes halogenated alkanes) is 1. The zero-order chi connectivity index (χ0) is 17.0. The van der Waals surface area contributed by atoms with Gasteiger partial charge in [0.05, 0.1) is 0 Å². The van der Waals surface area contributed by atoms with Crippen molar-refractivity contribution in [2.75, 3.05) is 0 Å². The van der Waals surface area contributed by atoms with Crippen LogP contribution in [0.2, 0.25) is 0 Å². The number of imidazole rings is 1. The zero-order valence-corrected chi connectivity index (χ0v) is 15.7. The molecule has 0 aliphatic heterocycles. The largest absolute Gasteiger partial charge is 0.329 e. The molecular formula is C21H29ClN2. The van der Waals surface area contributed by atoms with E-state index in [-0.39, 0.29) is 5.54 Å². The molecule has 3 heteroatoms. The van der Waals surface area contributed by atoms with Gasteiger partial charge in [0.25, 0.3) is 0 Å². The summed E-state index contributed by atoms with van der Waals surface area (Å²) in [6.07, 6.45) is 13.0. The lowest BCUT2D eigenvalue weighted by Crippen LogP contribution is -2.37. The highest BCUT2D eigenvalue weighted by molar-refractivity contribution is 6.17. The third kappa shape index (κ3) is 3.54. The Morgan fingerprint density at radius 2 is 1.92 bits per heavy atom. The first-order valence-electron chi connectivity index (χ1n) is 9.34. The van der Waals surface area contributed by atoms with Crippen LogP contribution in [0.4, 0.5) is 0 Å². The van der Waals surface area contributed by atoms with Crippen LogP contribution in [0.1, 0.15) is 74.7 Å². The molecule has 0 amide bonds. The van der Waals surface area contributed by atoms with E-state index < -0.39 is 0 Å². The molecule has 3 rings (SSSR count). The van der Waals surface area contributed by atoms with Gasteiger partial charge < -0.3 is 4.57 Å². The van der Waals surface area contributed by atoms with Gasteiger partial charge in [-0.3, -0.25) is 0 Å². The van der Waals surface area contributed by atoms with Gasteiger partial charge >= 0.3 is 0 Å². The molecule has 1 aromatic heterocycles. The first-order valence-corrected chi connectivity index (χ1v) is 9.87. The van der Waals surface area contributed by atoms with E-state index in [9.17, 15) is 0 Å². The number of alkyl halides is 1. The molecular weight excluding hydrogens is 316 g/mol. The summed E-state index contributed by atoms with van der Waals surface area (Å²) in [5.41, 5.74) is 2.97. The fourth-order valence-corrected chi connectivity index (χ4v) is 4.54. The molecule has 24 heavy (non-hydrogen) atoms. The lowest BCUT2D eigenvalue weighted by atomic mass is 9.71. The Hall–Kier alpha value is -1.28. The number of aryl methyl sites for hydroxylation is 1. The summed E-state index contributed by atoms with van der Waals surface area (Å²) in [5.74, 6) is 2.45. The third-order valence-corrected chi connectivity index (χ3v) is 6.16. The second kappa shape index (κ2) is 7.74. The fraction of sp³-hybridized carbons (Fsp3) is 0.571. The van der Waals surface area contributed by atoms with Crippen molar-refractivity contribution in [1.82, 2.24) is 9.55 Å². The monoisotopic (exact) mass is 344 g/mol. The van der Waals surface area contributed by atoms with E-state index >= 15 is 0 Å². The van der Waals surface area contributed by atoms with Crippen molar-refractivity contribution in [3.63, 3.8) is 0 Å². The Balaban J connectivity index is 1.75. The highest BCUT2D eigenvalue weighted by Gasteiger charge is 2.37. The summed E-state index contributed by atoms with van der Waals surface area (Å²) < 4.78 is 2.47. The molecule has 0 bridgehead atoms. The maximum Gasteiger partial charge on any atom is 0.105 e. The maximum atomic E-state index is 5.91. The van der Waals surface area contributed by atoms with E-state index in [1.54, 1.807) is 0 Å². The molecule has 0 atom stereocenters. The number of hydrogen-bond donors (Lipinski definition) is 0. The van der Waals surface area contributed by atoms with Crippen LogP contribution in [0.3, 0.4) is 0 Å². The highest BCUT2D eigenvalue weighted by atomic mass is 35.5. The molecule has 0 radical (unpaired) electrons. The van der Waals surface area contributed by atoms with Gasteiger partial charge in [-0.05, 0) is 56.1 Å². The molecule has 0 unspecified atom stereocenters. The first kappa shape index (κ1) is 17.5. The van der Waals surface area contributed by atoms with Crippen molar-refractivity contribution in [1.29, 1.82) is 0 Å². The average molecular weight is 345 g/mol. The minimum Gasteiger partial charge on any atom is -0.329 e. The van der Waals surface area contributed by atoms with Crippen LogP contribution in [0.15, 0.2) is 36.7 Å². The van der Waals surface area contributed by atoms with E-state index in [0.717, 1.165) is 5.82 Å². The number of rotatable bonds is 6. The van der Waals surface area contributed by atoms with Crippen LogP contribution in [0.25, 0.3) is 0 Å². The molecule has 0 N–H and O–H groups in total. The van der Waals surface area contributed by atoms with Crippen LogP contribution in [0.5, 0.6) is 0 Å². The Morgan fingerprint density at radius 3 is 2.46 bits per heavy atom. The molecule has 2 nitrogen and oxygen atoms in total. The van der Waals surface area contributed by atoms with Crippen molar-refractivity contribution >= 4 is 11.6 Å². The van der Waals surface area contributed by atoms with Crippen molar-refractivity contribution < 1.29 is 0 Å². The molecule has 130 valence electrons. The van der Waals surface area contributed by atoms with Crippen molar-refractivity contribution in [2.45, 2.75) is 76.1 Å². The molecule has 1 saturated carbocycles. The average Bonchev–Trinajstić information content (AvgIpc) is 3.07. The topological polar surface area (TPSA) is 17.8 Å². The molecule has 1 aliphatic carbocycles. The number of halogens is 1. The molecule has 1 aliphatic rings. The summed E-state index contributed by atoms with van der Waals surface area (Å²) in [5, 5.41) is 0. The lowest BCUT2D eigenvalue weighted by Gasteiger charge is -2.42. The van der Waals surface area contributed by atoms with Gasteiger partial charge in [0, 0.05) is 23.8 Å². The van der Waals surface area contributed by atoms with Gasteiger partial charge in [0.1, 0.15) is 5.82 Å². The van der Waals surface area contributed by atoms with Gasteiger partial charge in [0.15, 0.2) is 0 Å². The normalized spacial score (nSPS) is 24.2. The SMILES string of the molecule is CCCCC1(n2ccnc2C)CCC(c2ccc(CCl)cc2)CC1. The number of benzene rings is 1. The van der Waals surface area contributed by atoms with E-state index in [0.29, 0.717) is 11.8 Å². The first-order chi connectivity index (χ1) is 11.7. The standard InChI is InChI=1S/C21H29ClN2/c1-3-4-11-21(24-15-14-23-17(24)2)12-9-20(10-13-21)19-7-5-18(16-22)6-8-19/h5-8,14-15,20H,3-4,9-13,16H2,1-2H3. The van der Waals surface area contributed by atoms with E-state index in [2.05, 4.69) is 53.9 Å². The molecule has 2 aromatic rings. The third-order valence-electron chi connectivity index (χ3n) is 5.85. The van der Waals surface area contributed by atoms with Crippen LogP contribution >= 0.6 is 11.6 Å². The quantitative estimate of drug-likeness (QED) is 0.572. The van der Waals surface area contributed by atoms with E-state index in [1.165, 1.54) is 56.1 Å². The van der Waals surface area contributed by atoms with Crippen LogP contribution < -0.4 is 0 Å². The fourth-order valence-electron chi connectivity index (χ4n) is 4.36. The Bertz CT molecular complexity index is 636. The smallest absolute Gasteiger partial charge is 0.105 e. The maximum absolute atomic E-state index is 5.91. The number of aromatic nitrogens is 2. The predicted octanol–water partition coefficient (Wildman–Crippen LogP) is 6.17. The minimum absolute atomic E-state index is 0.281. The molecule has 0 spiro atoms. The van der Waals surface area contributed by atoms with Gasteiger partial charge in [0.2, 0.25) is 0 Å². The second-order valence-electron chi connectivity index (χ2n) is 7.32. The van der Waals surface area contributed by atoms with Crippen LogP contribution in [0, 0.1) is 6.92 Å². The molecule has 1 heterocycles. The van der Waals surface area contributed by atoms with E-state index in [1.807, 2.05) is 6.20 Å². The van der Waals surface area contributed by atoms with Crippen molar-refractivity contribution in [2.24, 2.45) is 0 Å². The van der Waals surface area contributed by atoms with Gasteiger partial charge in [-0.1, -0.05) is 44.0 Å². The molecule has 1 aromatic carbocycles. The van der Waals surface area contributed by atoms with Gasteiger partial charge in [-0.15, -0.1) is 11.6 Å². The Kier molecular flexibility index (Phi) is 5.65. The number of hydrogen-bond acceptors (Lipinski definition) is 1.